The molecule has 8 nitrogen and oxygen atoms in total. The monoisotopic (exact) mass is 380 g/mol. The van der Waals surface area contributed by atoms with Crippen LogP contribution < -0.4 is 0 Å². The molecule has 1 atom stereocenters. The van der Waals surface area contributed by atoms with Crippen molar-refractivity contribution in [3.8, 4) is 0 Å². The van der Waals surface area contributed by atoms with Gasteiger partial charge < -0.3 is 10.0 Å². The summed E-state index contributed by atoms with van der Waals surface area (Å²) in [6, 6.07) is 2.42. The van der Waals surface area contributed by atoms with Crippen molar-refractivity contribution in [1.29, 1.82) is 0 Å². The van der Waals surface area contributed by atoms with Crippen LogP contribution in [0.15, 0.2) is 23.1 Å². The lowest BCUT2D eigenvalue weighted by molar-refractivity contribution is -0.143. The molecule has 2 aliphatic heterocycles. The molecule has 0 radical (unpaired) electrons. The minimum absolute atomic E-state index is 0.0312. The molecule has 0 aromatic heterocycles. The van der Waals surface area contributed by atoms with Crippen LogP contribution in [0.25, 0.3) is 0 Å². The summed E-state index contributed by atoms with van der Waals surface area (Å²) in [5, 5.41) is 9.33. The number of fused-ring (bicyclic) bond motifs is 1. The first-order valence-electron chi connectivity index (χ1n) is 8.43. The highest BCUT2D eigenvalue weighted by molar-refractivity contribution is 7.90. The highest BCUT2D eigenvalue weighted by Crippen LogP contribution is 2.33. The summed E-state index contributed by atoms with van der Waals surface area (Å²) in [4.78, 5) is 37.6. The van der Waals surface area contributed by atoms with E-state index < -0.39 is 39.9 Å². The van der Waals surface area contributed by atoms with Crippen LogP contribution in [0, 0.1) is 0 Å². The van der Waals surface area contributed by atoms with Crippen molar-refractivity contribution in [2.24, 2.45) is 0 Å². The Labute approximate surface area is 151 Å². The Hall–Kier alpha value is -2.42. The maximum absolute atomic E-state index is 12.8. The summed E-state index contributed by atoms with van der Waals surface area (Å²) in [5.41, 5.74) is 0.0996. The van der Waals surface area contributed by atoms with E-state index in [-0.39, 0.29) is 16.0 Å². The molecule has 140 valence electrons. The number of amides is 2. The van der Waals surface area contributed by atoms with Crippen LogP contribution in [0.2, 0.25) is 0 Å². The summed E-state index contributed by atoms with van der Waals surface area (Å²) in [5.74, 6) is -2.23. The minimum atomic E-state index is -4.01. The maximum Gasteiger partial charge on any atom is 0.326 e. The van der Waals surface area contributed by atoms with Crippen LogP contribution in [0.1, 0.15) is 53.8 Å². The van der Waals surface area contributed by atoms with Crippen LogP contribution in [0.4, 0.5) is 0 Å². The fourth-order valence-corrected chi connectivity index (χ4v) is 5.28. The first kappa shape index (κ1) is 18.4. The second-order valence-electron chi connectivity index (χ2n) is 6.76. The van der Waals surface area contributed by atoms with E-state index in [4.69, 9.17) is 0 Å². The van der Waals surface area contributed by atoms with Gasteiger partial charge in [0.2, 0.25) is 0 Å². The van der Waals surface area contributed by atoms with Gasteiger partial charge >= 0.3 is 5.97 Å². The average Bonchev–Trinajstić information content (AvgIpc) is 2.79. The second kappa shape index (κ2) is 6.39. The summed E-state index contributed by atoms with van der Waals surface area (Å²) < 4.78 is 26.1. The lowest BCUT2D eigenvalue weighted by Gasteiger charge is -2.33. The van der Waals surface area contributed by atoms with Gasteiger partial charge in [-0.05, 0) is 51.3 Å². The SMILES string of the molecule is CC(C)N1C(=O)c2ccc(C(=O)N3CCCC[C@@H]3C(=O)O)cc2S1(=O)=O. The Morgan fingerprint density at radius 3 is 2.54 bits per heavy atom. The number of benzene rings is 1. The molecule has 1 saturated heterocycles. The topological polar surface area (TPSA) is 112 Å². The smallest absolute Gasteiger partial charge is 0.326 e. The number of nitrogens with zero attached hydrogens (tertiary/aromatic N) is 2. The van der Waals surface area contributed by atoms with E-state index >= 15 is 0 Å². The largest absolute Gasteiger partial charge is 0.480 e. The van der Waals surface area contributed by atoms with Gasteiger partial charge in [-0.15, -0.1) is 0 Å². The number of hydrogen-bond acceptors (Lipinski definition) is 5. The summed E-state index contributed by atoms with van der Waals surface area (Å²) in [6.07, 6.45) is 1.78. The number of rotatable bonds is 3. The molecule has 0 unspecified atom stereocenters. The van der Waals surface area contributed by atoms with Gasteiger partial charge in [-0.25, -0.2) is 17.5 Å². The van der Waals surface area contributed by atoms with Gasteiger partial charge in [0.15, 0.2) is 0 Å². The summed E-state index contributed by atoms with van der Waals surface area (Å²) in [6.45, 7) is 3.49. The Bertz CT molecular complexity index is 893. The van der Waals surface area contributed by atoms with Gasteiger partial charge in [0.25, 0.3) is 21.8 Å². The molecular weight excluding hydrogens is 360 g/mol. The third-order valence-electron chi connectivity index (χ3n) is 4.71. The van der Waals surface area contributed by atoms with E-state index in [1.807, 2.05) is 0 Å². The van der Waals surface area contributed by atoms with E-state index in [1.165, 1.54) is 23.1 Å². The summed E-state index contributed by atoms with van der Waals surface area (Å²) in [7, 11) is -4.01. The van der Waals surface area contributed by atoms with Crippen molar-refractivity contribution >= 4 is 27.8 Å². The Kier molecular flexibility index (Phi) is 4.51. The number of likely N-dealkylation sites (tertiary alicyclic amines) is 1. The molecule has 2 aliphatic rings. The quantitative estimate of drug-likeness (QED) is 0.846. The second-order valence-corrected chi connectivity index (χ2v) is 8.54. The first-order valence-corrected chi connectivity index (χ1v) is 9.87. The molecule has 1 fully saturated rings. The van der Waals surface area contributed by atoms with Crippen molar-refractivity contribution in [2.75, 3.05) is 6.54 Å². The lowest BCUT2D eigenvalue weighted by Crippen LogP contribution is -2.48. The molecule has 0 saturated carbocycles. The van der Waals surface area contributed by atoms with Gasteiger partial charge in [0.05, 0.1) is 5.56 Å². The summed E-state index contributed by atoms with van der Waals surface area (Å²) >= 11 is 0. The predicted molar refractivity (Wildman–Crippen MR) is 91.2 cm³/mol. The minimum Gasteiger partial charge on any atom is -0.480 e. The standard InChI is InChI=1S/C17H20N2O6S/c1-10(2)19-16(21)12-7-6-11(9-14(12)26(19,24)25)15(20)18-8-4-3-5-13(18)17(22)23/h6-7,9-10,13H,3-5,8H2,1-2H3,(H,22,23)/t13-/m1/s1. The van der Waals surface area contributed by atoms with Crippen molar-refractivity contribution in [3.63, 3.8) is 0 Å². The number of carbonyl (C=O) groups is 3. The van der Waals surface area contributed by atoms with E-state index in [1.54, 1.807) is 13.8 Å². The Morgan fingerprint density at radius 1 is 1.23 bits per heavy atom. The molecule has 26 heavy (non-hydrogen) atoms. The fraction of sp³-hybridized carbons (Fsp3) is 0.471. The van der Waals surface area contributed by atoms with Crippen LogP contribution >= 0.6 is 0 Å². The number of carboxylic acids is 1. The Balaban J connectivity index is 2.00. The zero-order valence-electron chi connectivity index (χ0n) is 14.5. The average molecular weight is 380 g/mol. The molecule has 2 amide bonds. The predicted octanol–water partition coefficient (Wildman–Crippen LogP) is 1.32. The van der Waals surface area contributed by atoms with E-state index in [2.05, 4.69) is 0 Å². The molecule has 1 aromatic rings. The van der Waals surface area contributed by atoms with Gasteiger partial charge in [0.1, 0.15) is 10.9 Å². The van der Waals surface area contributed by atoms with Crippen molar-refractivity contribution < 1.29 is 27.9 Å². The van der Waals surface area contributed by atoms with Crippen LogP contribution in [-0.4, -0.2) is 59.1 Å². The van der Waals surface area contributed by atoms with Gasteiger partial charge in [-0.1, -0.05) is 0 Å². The molecule has 0 spiro atoms. The van der Waals surface area contributed by atoms with Crippen molar-refractivity contribution in [1.82, 2.24) is 9.21 Å². The highest BCUT2D eigenvalue weighted by Gasteiger charge is 2.43. The molecule has 0 bridgehead atoms. The van der Waals surface area contributed by atoms with Crippen LogP contribution in [-0.2, 0) is 14.8 Å². The molecule has 0 aliphatic carbocycles. The number of piperidine rings is 1. The van der Waals surface area contributed by atoms with Crippen LogP contribution in [0.5, 0.6) is 0 Å². The fourth-order valence-electron chi connectivity index (χ4n) is 3.49. The molecule has 1 N–H and O–H groups in total. The van der Waals surface area contributed by atoms with E-state index in [9.17, 15) is 27.9 Å². The zero-order chi connectivity index (χ0) is 19.2. The number of aliphatic carboxylic acids is 1. The molecule has 1 aromatic carbocycles. The molecular formula is C17H20N2O6S. The van der Waals surface area contributed by atoms with Gasteiger partial charge in [0, 0.05) is 18.2 Å². The van der Waals surface area contributed by atoms with Gasteiger partial charge in [-0.2, -0.15) is 0 Å². The third kappa shape index (κ3) is 2.76. The lowest BCUT2D eigenvalue weighted by atomic mass is 10.0. The Morgan fingerprint density at radius 2 is 1.92 bits per heavy atom. The van der Waals surface area contributed by atoms with Crippen molar-refractivity contribution in [2.45, 2.75) is 50.1 Å². The first-order chi connectivity index (χ1) is 12.2. The molecule has 9 heteroatoms. The van der Waals surface area contributed by atoms with Crippen molar-refractivity contribution in [3.05, 3.63) is 29.3 Å². The van der Waals surface area contributed by atoms with Gasteiger partial charge in [-0.3, -0.25) is 9.59 Å². The zero-order valence-corrected chi connectivity index (χ0v) is 15.3. The maximum atomic E-state index is 12.8. The number of carbonyl (C=O) groups excluding carboxylic acids is 2. The third-order valence-corrected chi connectivity index (χ3v) is 6.71. The molecule has 3 rings (SSSR count). The molecule has 2 heterocycles. The highest BCUT2D eigenvalue weighted by atomic mass is 32.2. The normalized spacial score (nSPS) is 21.8. The number of hydrogen-bond donors (Lipinski definition) is 1. The van der Waals surface area contributed by atoms with Crippen LogP contribution in [0.3, 0.4) is 0 Å². The number of sulfonamides is 1. The number of carboxylic acid groups (broad SMARTS) is 1. The van der Waals surface area contributed by atoms with E-state index in [0.29, 0.717) is 19.4 Å². The van der Waals surface area contributed by atoms with E-state index in [0.717, 1.165) is 10.7 Å².